The van der Waals surface area contributed by atoms with Crippen molar-refractivity contribution in [2.24, 2.45) is 5.92 Å². The normalized spacial score (nSPS) is 16.3. The number of aromatic nitrogens is 1. The van der Waals surface area contributed by atoms with Gasteiger partial charge in [0.05, 0.1) is 11.4 Å². The molecule has 0 radical (unpaired) electrons. The molecule has 1 aromatic rings. The van der Waals surface area contributed by atoms with Gasteiger partial charge < -0.3 is 0 Å². The van der Waals surface area contributed by atoms with Crippen LogP contribution in [0.2, 0.25) is 0 Å². The molecule has 15 heavy (non-hydrogen) atoms. The topological polar surface area (TPSA) is 59.1 Å². The van der Waals surface area contributed by atoms with Crippen LogP contribution in [0.25, 0.3) is 0 Å². The van der Waals surface area contributed by atoms with E-state index >= 15 is 0 Å². The molecule has 1 aromatic heterocycles. The molecule has 0 amide bonds. The van der Waals surface area contributed by atoms with Gasteiger partial charge in [-0.1, -0.05) is 0 Å². The molecule has 0 bridgehead atoms. The highest BCUT2D eigenvalue weighted by molar-refractivity contribution is 9.10. The molecule has 0 saturated heterocycles. The molecule has 1 aliphatic rings. The van der Waals surface area contributed by atoms with E-state index in [0.717, 1.165) is 12.8 Å². The van der Waals surface area contributed by atoms with E-state index in [4.69, 9.17) is 0 Å². The molecular weight excluding hydrogens is 280 g/mol. The molecule has 0 aromatic carbocycles. The van der Waals surface area contributed by atoms with E-state index in [0.29, 0.717) is 16.2 Å². The Hall–Kier alpha value is -0.620. The van der Waals surface area contributed by atoms with Crippen molar-refractivity contribution in [1.29, 1.82) is 0 Å². The number of hydrogen-bond donors (Lipinski definition) is 1. The van der Waals surface area contributed by atoms with Gasteiger partial charge in [0.1, 0.15) is 4.60 Å². The van der Waals surface area contributed by atoms with Gasteiger partial charge in [0, 0.05) is 6.20 Å². The predicted molar refractivity (Wildman–Crippen MR) is 62.1 cm³/mol. The monoisotopic (exact) mass is 290 g/mol. The van der Waals surface area contributed by atoms with Crippen LogP contribution < -0.4 is 4.72 Å². The van der Waals surface area contributed by atoms with Gasteiger partial charge >= 0.3 is 0 Å². The Morgan fingerprint density at radius 2 is 2.27 bits per heavy atom. The zero-order chi connectivity index (χ0) is 10.9. The number of halogens is 1. The first-order valence-electron chi connectivity index (χ1n) is 4.68. The summed E-state index contributed by atoms with van der Waals surface area (Å²) in [5.74, 6) is 0.562. The number of pyridine rings is 1. The maximum atomic E-state index is 11.6. The minimum atomic E-state index is -3.21. The van der Waals surface area contributed by atoms with E-state index in [1.165, 1.54) is 0 Å². The SMILES string of the molecule is O=S(=O)(CC1CC1)Nc1cccnc1Br. The van der Waals surface area contributed by atoms with Crippen LogP contribution in [-0.4, -0.2) is 19.2 Å². The molecule has 0 aliphatic heterocycles. The Balaban J connectivity index is 2.10. The van der Waals surface area contributed by atoms with E-state index in [9.17, 15) is 8.42 Å². The summed E-state index contributed by atoms with van der Waals surface area (Å²) >= 11 is 3.19. The summed E-state index contributed by atoms with van der Waals surface area (Å²) in [5, 5.41) is 0. The van der Waals surface area contributed by atoms with Crippen molar-refractivity contribution in [3.63, 3.8) is 0 Å². The van der Waals surface area contributed by atoms with Crippen molar-refractivity contribution < 1.29 is 8.42 Å². The minimum Gasteiger partial charge on any atom is -0.281 e. The van der Waals surface area contributed by atoms with Gasteiger partial charge in [0.15, 0.2) is 0 Å². The van der Waals surface area contributed by atoms with Crippen LogP contribution in [-0.2, 0) is 10.0 Å². The second kappa shape index (κ2) is 4.09. The smallest absolute Gasteiger partial charge is 0.233 e. The van der Waals surface area contributed by atoms with Gasteiger partial charge in [0.2, 0.25) is 10.0 Å². The highest BCUT2D eigenvalue weighted by Crippen LogP contribution is 2.31. The Morgan fingerprint density at radius 3 is 2.87 bits per heavy atom. The predicted octanol–water partition coefficient (Wildman–Crippen LogP) is 2.00. The van der Waals surface area contributed by atoms with Crippen LogP contribution in [0.4, 0.5) is 5.69 Å². The van der Waals surface area contributed by atoms with Crippen molar-refractivity contribution in [2.45, 2.75) is 12.8 Å². The lowest BCUT2D eigenvalue weighted by atomic mass is 10.4. The Kier molecular flexibility index (Phi) is 2.97. The first-order valence-corrected chi connectivity index (χ1v) is 7.12. The summed E-state index contributed by atoms with van der Waals surface area (Å²) in [7, 11) is -3.21. The average Bonchev–Trinajstić information content (AvgIpc) is 2.91. The molecule has 0 spiro atoms. The number of sulfonamides is 1. The third kappa shape index (κ3) is 3.17. The zero-order valence-electron chi connectivity index (χ0n) is 7.98. The summed E-state index contributed by atoms with van der Waals surface area (Å²) in [4.78, 5) is 3.95. The third-order valence-electron chi connectivity index (χ3n) is 2.18. The molecule has 0 unspecified atom stereocenters. The Labute approximate surface area is 97.3 Å². The van der Waals surface area contributed by atoms with E-state index < -0.39 is 10.0 Å². The third-order valence-corrected chi connectivity index (χ3v) is 4.25. The molecule has 4 nitrogen and oxygen atoms in total. The van der Waals surface area contributed by atoms with Gasteiger partial charge in [-0.3, -0.25) is 4.72 Å². The molecule has 1 N–H and O–H groups in total. The standard InChI is InChI=1S/C9H11BrN2O2S/c10-9-8(2-1-5-11-9)12-15(13,14)6-7-3-4-7/h1-2,5,7,12H,3-4,6H2. The molecule has 1 aliphatic carbocycles. The molecule has 1 saturated carbocycles. The first-order chi connectivity index (χ1) is 7.07. The van der Waals surface area contributed by atoms with Crippen LogP contribution >= 0.6 is 15.9 Å². The van der Waals surface area contributed by atoms with Crippen molar-refractivity contribution in [1.82, 2.24) is 4.98 Å². The summed E-state index contributed by atoms with van der Waals surface area (Å²) in [5.41, 5.74) is 0.498. The maximum Gasteiger partial charge on any atom is 0.233 e. The molecular formula is C9H11BrN2O2S. The highest BCUT2D eigenvalue weighted by Gasteiger charge is 2.28. The molecule has 1 heterocycles. The lowest BCUT2D eigenvalue weighted by Crippen LogP contribution is -2.18. The molecule has 1 fully saturated rings. The zero-order valence-corrected chi connectivity index (χ0v) is 10.4. The van der Waals surface area contributed by atoms with Gasteiger partial charge in [-0.25, -0.2) is 13.4 Å². The van der Waals surface area contributed by atoms with Crippen LogP contribution in [0.5, 0.6) is 0 Å². The first kappa shape index (κ1) is 10.9. The number of rotatable bonds is 4. The second-order valence-corrected chi connectivity index (χ2v) is 6.19. The van der Waals surface area contributed by atoms with E-state index in [2.05, 4.69) is 25.6 Å². The molecule has 2 rings (SSSR count). The Morgan fingerprint density at radius 1 is 1.53 bits per heavy atom. The second-order valence-electron chi connectivity index (χ2n) is 3.67. The summed E-state index contributed by atoms with van der Waals surface area (Å²) < 4.78 is 26.3. The van der Waals surface area contributed by atoms with E-state index in [1.54, 1.807) is 18.3 Å². The van der Waals surface area contributed by atoms with E-state index in [-0.39, 0.29) is 5.75 Å². The van der Waals surface area contributed by atoms with Gasteiger partial charge in [-0.2, -0.15) is 0 Å². The average molecular weight is 291 g/mol. The quantitative estimate of drug-likeness (QED) is 0.863. The summed E-state index contributed by atoms with van der Waals surface area (Å²) in [6.07, 6.45) is 3.65. The Bertz CT molecular complexity index is 457. The van der Waals surface area contributed by atoms with Crippen molar-refractivity contribution in [2.75, 3.05) is 10.5 Å². The van der Waals surface area contributed by atoms with Gasteiger partial charge in [-0.05, 0) is 46.8 Å². The molecule has 6 heteroatoms. The number of hydrogen-bond acceptors (Lipinski definition) is 3. The van der Waals surface area contributed by atoms with Crippen LogP contribution in [0.15, 0.2) is 22.9 Å². The fourth-order valence-electron chi connectivity index (χ4n) is 1.27. The fraction of sp³-hybridized carbons (Fsp3) is 0.444. The van der Waals surface area contributed by atoms with Crippen molar-refractivity contribution in [3.8, 4) is 0 Å². The summed E-state index contributed by atoms with van der Waals surface area (Å²) in [6.45, 7) is 0. The fourth-order valence-corrected chi connectivity index (χ4v) is 3.28. The van der Waals surface area contributed by atoms with Gasteiger partial charge in [0.25, 0.3) is 0 Å². The van der Waals surface area contributed by atoms with Gasteiger partial charge in [-0.15, -0.1) is 0 Å². The molecule has 0 atom stereocenters. The van der Waals surface area contributed by atoms with Crippen LogP contribution in [0.1, 0.15) is 12.8 Å². The maximum absolute atomic E-state index is 11.6. The lowest BCUT2D eigenvalue weighted by molar-refractivity contribution is 0.597. The lowest BCUT2D eigenvalue weighted by Gasteiger charge is -2.07. The molecule has 82 valence electrons. The number of anilines is 1. The van der Waals surface area contributed by atoms with Crippen LogP contribution in [0.3, 0.4) is 0 Å². The number of nitrogens with one attached hydrogen (secondary N) is 1. The minimum absolute atomic E-state index is 0.217. The highest BCUT2D eigenvalue weighted by atomic mass is 79.9. The summed E-state index contributed by atoms with van der Waals surface area (Å²) in [6, 6.07) is 3.38. The van der Waals surface area contributed by atoms with Crippen molar-refractivity contribution >= 4 is 31.6 Å². The van der Waals surface area contributed by atoms with Crippen LogP contribution in [0, 0.1) is 5.92 Å². The van der Waals surface area contributed by atoms with E-state index in [1.807, 2.05) is 0 Å². The van der Waals surface area contributed by atoms with Crippen molar-refractivity contribution in [3.05, 3.63) is 22.9 Å². The largest absolute Gasteiger partial charge is 0.281 e. The number of nitrogens with zero attached hydrogens (tertiary/aromatic N) is 1.